The maximum atomic E-state index is 11.5. The first-order chi connectivity index (χ1) is 8.99. The molecule has 1 atom stereocenters. The fourth-order valence-electron chi connectivity index (χ4n) is 1.53. The number of carbonyl (C=O) groups is 3. The third-order valence-corrected chi connectivity index (χ3v) is 2.47. The number of amides is 3. The lowest BCUT2D eigenvalue weighted by molar-refractivity contribution is -0.148. The summed E-state index contributed by atoms with van der Waals surface area (Å²) in [7, 11) is 0. The fourth-order valence-corrected chi connectivity index (χ4v) is 1.53. The van der Waals surface area contributed by atoms with Gasteiger partial charge in [-0.3, -0.25) is 14.9 Å². The summed E-state index contributed by atoms with van der Waals surface area (Å²) in [4.78, 5) is 32.9. The van der Waals surface area contributed by atoms with Gasteiger partial charge in [0.05, 0.1) is 6.42 Å². The van der Waals surface area contributed by atoms with Crippen molar-refractivity contribution in [2.45, 2.75) is 19.3 Å². The molecular formula is C13H16N2O4. The molecule has 0 saturated heterocycles. The molecule has 0 saturated carbocycles. The monoisotopic (exact) mass is 264 g/mol. The predicted octanol–water partition coefficient (Wildman–Crippen LogP) is 0.918. The summed E-state index contributed by atoms with van der Waals surface area (Å²) in [5.41, 5.74) is 5.76. The summed E-state index contributed by atoms with van der Waals surface area (Å²) < 4.78 is 4.74. The molecule has 6 nitrogen and oxygen atoms in total. The largest absolute Gasteiger partial charge is 0.456 e. The minimum absolute atomic E-state index is 0.00657. The van der Waals surface area contributed by atoms with E-state index < -0.39 is 24.5 Å². The summed E-state index contributed by atoms with van der Waals surface area (Å²) in [5.74, 6) is -1.25. The van der Waals surface area contributed by atoms with Gasteiger partial charge in [0.25, 0.3) is 5.91 Å². The SMILES string of the molecule is C[C@H](CC(=O)OCC(=O)NC(N)=O)c1ccccc1. The second kappa shape index (κ2) is 7.15. The predicted molar refractivity (Wildman–Crippen MR) is 68.2 cm³/mol. The molecule has 0 aliphatic carbocycles. The number of urea groups is 1. The fraction of sp³-hybridized carbons (Fsp3) is 0.308. The van der Waals surface area contributed by atoms with Crippen LogP contribution in [0, 0.1) is 0 Å². The van der Waals surface area contributed by atoms with Crippen molar-refractivity contribution in [3.05, 3.63) is 35.9 Å². The van der Waals surface area contributed by atoms with Crippen molar-refractivity contribution in [1.82, 2.24) is 5.32 Å². The molecule has 0 bridgehead atoms. The van der Waals surface area contributed by atoms with Crippen molar-refractivity contribution < 1.29 is 19.1 Å². The Bertz CT molecular complexity index is 459. The molecule has 1 aromatic carbocycles. The molecule has 19 heavy (non-hydrogen) atoms. The molecule has 0 aromatic heterocycles. The van der Waals surface area contributed by atoms with E-state index in [0.29, 0.717) is 0 Å². The van der Waals surface area contributed by atoms with Crippen LogP contribution in [-0.4, -0.2) is 24.5 Å². The number of imide groups is 1. The van der Waals surface area contributed by atoms with E-state index in [0.717, 1.165) is 5.56 Å². The van der Waals surface area contributed by atoms with E-state index in [2.05, 4.69) is 0 Å². The summed E-state index contributed by atoms with van der Waals surface area (Å²) in [6, 6.07) is 8.52. The Morgan fingerprint density at radius 1 is 1.26 bits per heavy atom. The quantitative estimate of drug-likeness (QED) is 0.772. The van der Waals surface area contributed by atoms with Crippen LogP contribution in [0.15, 0.2) is 30.3 Å². The molecule has 0 fully saturated rings. The molecule has 0 aliphatic heterocycles. The highest BCUT2D eigenvalue weighted by Crippen LogP contribution is 2.18. The number of ether oxygens (including phenoxy) is 1. The minimum atomic E-state index is -0.973. The highest BCUT2D eigenvalue weighted by Gasteiger charge is 2.14. The number of nitrogens with one attached hydrogen (secondary N) is 1. The average Bonchev–Trinajstić information content (AvgIpc) is 2.36. The van der Waals surface area contributed by atoms with Crippen LogP contribution in [-0.2, 0) is 14.3 Å². The summed E-state index contributed by atoms with van der Waals surface area (Å²) in [6.45, 7) is 1.38. The lowest BCUT2D eigenvalue weighted by Gasteiger charge is -2.11. The third-order valence-electron chi connectivity index (χ3n) is 2.47. The maximum Gasteiger partial charge on any atom is 0.318 e. The van der Waals surface area contributed by atoms with Crippen LogP contribution in [0.2, 0.25) is 0 Å². The van der Waals surface area contributed by atoms with Crippen LogP contribution in [0.5, 0.6) is 0 Å². The molecule has 1 aromatic rings. The molecule has 0 spiro atoms. The standard InChI is InChI=1S/C13H16N2O4/c1-9(10-5-3-2-4-6-10)7-12(17)19-8-11(16)15-13(14)18/h2-6,9H,7-8H2,1H3,(H3,14,15,16,18)/t9-/m1/s1. The zero-order valence-corrected chi connectivity index (χ0v) is 10.6. The maximum absolute atomic E-state index is 11.5. The number of rotatable bonds is 5. The van der Waals surface area contributed by atoms with E-state index in [9.17, 15) is 14.4 Å². The minimum Gasteiger partial charge on any atom is -0.456 e. The molecule has 3 N–H and O–H groups in total. The summed E-state index contributed by atoms with van der Waals surface area (Å²) in [6.07, 6.45) is 0.161. The Balaban J connectivity index is 2.35. The van der Waals surface area contributed by atoms with Gasteiger partial charge in [-0.25, -0.2) is 4.79 Å². The topological polar surface area (TPSA) is 98.5 Å². The Labute approximate surface area is 110 Å². The van der Waals surface area contributed by atoms with Gasteiger partial charge >= 0.3 is 12.0 Å². The van der Waals surface area contributed by atoms with Gasteiger partial charge in [-0.2, -0.15) is 0 Å². The Kier molecular flexibility index (Phi) is 5.53. The van der Waals surface area contributed by atoms with Crippen molar-refractivity contribution in [2.75, 3.05) is 6.61 Å². The average molecular weight is 264 g/mol. The van der Waals surface area contributed by atoms with E-state index >= 15 is 0 Å². The van der Waals surface area contributed by atoms with E-state index in [4.69, 9.17) is 10.5 Å². The smallest absolute Gasteiger partial charge is 0.318 e. The van der Waals surface area contributed by atoms with Crippen LogP contribution in [0.1, 0.15) is 24.8 Å². The van der Waals surface area contributed by atoms with Crippen molar-refractivity contribution in [1.29, 1.82) is 0 Å². The van der Waals surface area contributed by atoms with Gasteiger partial charge in [-0.1, -0.05) is 37.3 Å². The van der Waals surface area contributed by atoms with Crippen LogP contribution in [0.3, 0.4) is 0 Å². The first-order valence-corrected chi connectivity index (χ1v) is 5.79. The van der Waals surface area contributed by atoms with E-state index in [1.807, 2.05) is 37.3 Å². The van der Waals surface area contributed by atoms with Crippen molar-refractivity contribution >= 4 is 17.9 Å². The first kappa shape index (κ1) is 14.7. The normalized spacial score (nSPS) is 11.4. The second-order valence-corrected chi connectivity index (χ2v) is 4.09. The van der Waals surface area contributed by atoms with Gasteiger partial charge in [-0.05, 0) is 11.5 Å². The van der Waals surface area contributed by atoms with E-state index in [-0.39, 0.29) is 12.3 Å². The number of benzene rings is 1. The molecule has 102 valence electrons. The number of esters is 1. The number of hydrogen-bond donors (Lipinski definition) is 2. The molecule has 0 aliphatic rings. The zero-order chi connectivity index (χ0) is 14.3. The second-order valence-electron chi connectivity index (χ2n) is 4.09. The van der Waals surface area contributed by atoms with Crippen molar-refractivity contribution in [3.63, 3.8) is 0 Å². The first-order valence-electron chi connectivity index (χ1n) is 5.79. The van der Waals surface area contributed by atoms with Crippen molar-refractivity contribution in [2.24, 2.45) is 5.73 Å². The Morgan fingerprint density at radius 3 is 2.47 bits per heavy atom. The van der Waals surface area contributed by atoms with Crippen LogP contribution >= 0.6 is 0 Å². The van der Waals surface area contributed by atoms with E-state index in [1.54, 1.807) is 5.32 Å². The molecule has 6 heteroatoms. The Hall–Kier alpha value is -2.37. The lowest BCUT2D eigenvalue weighted by Crippen LogP contribution is -2.37. The number of hydrogen-bond acceptors (Lipinski definition) is 4. The van der Waals surface area contributed by atoms with Crippen molar-refractivity contribution in [3.8, 4) is 0 Å². The lowest BCUT2D eigenvalue weighted by atomic mass is 9.98. The molecule has 0 unspecified atom stereocenters. The van der Waals surface area contributed by atoms with Crippen LogP contribution < -0.4 is 11.1 Å². The molecule has 3 amide bonds. The third kappa shape index (κ3) is 5.67. The summed E-state index contributed by atoms with van der Waals surface area (Å²) in [5, 5.41) is 1.81. The van der Waals surface area contributed by atoms with Crippen LogP contribution in [0.4, 0.5) is 4.79 Å². The van der Waals surface area contributed by atoms with Gasteiger partial charge in [0.1, 0.15) is 0 Å². The molecule has 0 heterocycles. The highest BCUT2D eigenvalue weighted by atomic mass is 16.5. The molecular weight excluding hydrogens is 248 g/mol. The zero-order valence-electron chi connectivity index (χ0n) is 10.6. The molecule has 0 radical (unpaired) electrons. The Morgan fingerprint density at radius 2 is 1.89 bits per heavy atom. The molecule has 1 rings (SSSR count). The number of carbonyl (C=O) groups excluding carboxylic acids is 3. The van der Waals surface area contributed by atoms with Gasteiger partial charge in [0.2, 0.25) is 0 Å². The van der Waals surface area contributed by atoms with E-state index in [1.165, 1.54) is 0 Å². The van der Waals surface area contributed by atoms with Crippen LogP contribution in [0.25, 0.3) is 0 Å². The number of primary amides is 1. The highest BCUT2D eigenvalue weighted by molar-refractivity contribution is 5.94. The van der Waals surface area contributed by atoms with Gasteiger partial charge in [0.15, 0.2) is 6.61 Å². The summed E-state index contributed by atoms with van der Waals surface area (Å²) >= 11 is 0. The van der Waals surface area contributed by atoms with Gasteiger partial charge in [0, 0.05) is 0 Å². The number of nitrogens with two attached hydrogens (primary N) is 1. The van der Waals surface area contributed by atoms with Gasteiger partial charge in [-0.15, -0.1) is 0 Å². The van der Waals surface area contributed by atoms with Gasteiger partial charge < -0.3 is 10.5 Å².